The zero-order valence-electron chi connectivity index (χ0n) is 11.2. The van der Waals surface area contributed by atoms with Crippen LogP contribution in [0, 0.1) is 11.3 Å². The standard InChI is InChI=1S/C16H20O3/c1-16-9-14(18)13(8-11(16)4-7-15(16)19)10-2-5-12(17)6-3-10/h2-3,5-6,11,13,15,17,19H,4,7-9H2,1H3. The Morgan fingerprint density at radius 3 is 2.58 bits per heavy atom. The van der Waals surface area contributed by atoms with E-state index in [1.165, 1.54) is 0 Å². The van der Waals surface area contributed by atoms with Gasteiger partial charge in [-0.1, -0.05) is 19.1 Å². The highest BCUT2D eigenvalue weighted by atomic mass is 16.3. The number of rotatable bonds is 1. The molecule has 0 heterocycles. The van der Waals surface area contributed by atoms with Crippen molar-refractivity contribution in [3.63, 3.8) is 0 Å². The van der Waals surface area contributed by atoms with Gasteiger partial charge in [0.25, 0.3) is 0 Å². The topological polar surface area (TPSA) is 57.5 Å². The van der Waals surface area contributed by atoms with Crippen LogP contribution in [0.2, 0.25) is 0 Å². The van der Waals surface area contributed by atoms with Crippen LogP contribution in [0.1, 0.15) is 44.1 Å². The number of carbonyl (C=O) groups is 1. The predicted octanol–water partition coefficient (Wildman–Crippen LogP) is 2.62. The third kappa shape index (κ3) is 1.96. The van der Waals surface area contributed by atoms with E-state index in [1.54, 1.807) is 12.1 Å². The van der Waals surface area contributed by atoms with Crippen LogP contribution >= 0.6 is 0 Å². The molecule has 2 N–H and O–H groups in total. The summed E-state index contributed by atoms with van der Waals surface area (Å²) in [7, 11) is 0. The van der Waals surface area contributed by atoms with Crippen LogP contribution in [0.3, 0.4) is 0 Å². The average Bonchev–Trinajstić information content (AvgIpc) is 2.65. The fraction of sp³-hybridized carbons (Fsp3) is 0.562. The second kappa shape index (κ2) is 4.34. The van der Waals surface area contributed by atoms with Gasteiger partial charge >= 0.3 is 0 Å². The highest BCUT2D eigenvalue weighted by Crippen LogP contribution is 2.54. The van der Waals surface area contributed by atoms with Crippen molar-refractivity contribution in [1.29, 1.82) is 0 Å². The summed E-state index contributed by atoms with van der Waals surface area (Å²) in [6.07, 6.45) is 2.81. The molecule has 1 aromatic rings. The van der Waals surface area contributed by atoms with Gasteiger partial charge in [-0.3, -0.25) is 4.79 Å². The molecule has 102 valence electrons. The Morgan fingerprint density at radius 1 is 1.21 bits per heavy atom. The van der Waals surface area contributed by atoms with Gasteiger partial charge in [-0.05, 0) is 42.9 Å². The molecule has 0 bridgehead atoms. The summed E-state index contributed by atoms with van der Waals surface area (Å²) in [6, 6.07) is 6.96. The number of aromatic hydroxyl groups is 1. The Labute approximate surface area is 113 Å². The number of ketones is 1. The van der Waals surface area contributed by atoms with E-state index in [1.807, 2.05) is 12.1 Å². The maximum atomic E-state index is 12.4. The predicted molar refractivity (Wildman–Crippen MR) is 71.9 cm³/mol. The van der Waals surface area contributed by atoms with Gasteiger partial charge < -0.3 is 10.2 Å². The smallest absolute Gasteiger partial charge is 0.141 e. The molecule has 1 aromatic carbocycles. The molecule has 0 radical (unpaired) electrons. The van der Waals surface area contributed by atoms with Crippen molar-refractivity contribution in [2.24, 2.45) is 11.3 Å². The Bertz CT molecular complexity index is 493. The van der Waals surface area contributed by atoms with Gasteiger partial charge in [0, 0.05) is 17.8 Å². The number of phenolic OH excluding ortho intramolecular Hbond substituents is 1. The molecule has 2 fully saturated rings. The fourth-order valence-corrected chi connectivity index (χ4v) is 3.88. The summed E-state index contributed by atoms with van der Waals surface area (Å²) >= 11 is 0. The Morgan fingerprint density at radius 2 is 1.89 bits per heavy atom. The normalized spacial score (nSPS) is 38.2. The lowest BCUT2D eigenvalue weighted by Crippen LogP contribution is -2.41. The Hall–Kier alpha value is -1.35. The highest BCUT2D eigenvalue weighted by Gasteiger charge is 2.51. The number of hydrogen-bond acceptors (Lipinski definition) is 3. The molecule has 0 aliphatic heterocycles. The van der Waals surface area contributed by atoms with Crippen molar-refractivity contribution in [1.82, 2.24) is 0 Å². The number of phenols is 1. The SMILES string of the molecule is CC12CC(=O)C(c3ccc(O)cc3)CC1CCC2O. The molecule has 2 aliphatic rings. The van der Waals surface area contributed by atoms with Gasteiger partial charge in [0.1, 0.15) is 11.5 Å². The van der Waals surface area contributed by atoms with Crippen LogP contribution in [0.5, 0.6) is 5.75 Å². The molecule has 2 aliphatic carbocycles. The summed E-state index contributed by atoms with van der Waals surface area (Å²) in [6.45, 7) is 2.06. The van der Waals surface area contributed by atoms with E-state index < -0.39 is 0 Å². The van der Waals surface area contributed by atoms with E-state index in [0.717, 1.165) is 24.8 Å². The number of carbonyl (C=O) groups excluding carboxylic acids is 1. The van der Waals surface area contributed by atoms with Crippen LogP contribution in [0.15, 0.2) is 24.3 Å². The van der Waals surface area contributed by atoms with Gasteiger partial charge in [0.2, 0.25) is 0 Å². The first-order valence-corrected chi connectivity index (χ1v) is 7.00. The molecule has 3 rings (SSSR count). The van der Waals surface area contributed by atoms with Crippen molar-refractivity contribution in [3.8, 4) is 5.75 Å². The average molecular weight is 260 g/mol. The van der Waals surface area contributed by atoms with Gasteiger partial charge in [0.15, 0.2) is 0 Å². The van der Waals surface area contributed by atoms with E-state index in [2.05, 4.69) is 6.92 Å². The summed E-state index contributed by atoms with van der Waals surface area (Å²) in [5.74, 6) is 0.821. The van der Waals surface area contributed by atoms with Gasteiger partial charge in [-0.25, -0.2) is 0 Å². The number of Topliss-reactive ketones (excluding diaryl/α,β-unsaturated/α-hetero) is 1. The molecule has 4 unspecified atom stereocenters. The van der Waals surface area contributed by atoms with Crippen molar-refractivity contribution in [3.05, 3.63) is 29.8 Å². The minimum atomic E-state index is -0.331. The quantitative estimate of drug-likeness (QED) is 0.816. The molecular formula is C16H20O3. The lowest BCUT2D eigenvalue weighted by Gasteiger charge is -2.41. The largest absolute Gasteiger partial charge is 0.508 e. The van der Waals surface area contributed by atoms with Crippen molar-refractivity contribution in [2.75, 3.05) is 0 Å². The lowest BCUT2D eigenvalue weighted by atomic mass is 9.63. The first kappa shape index (κ1) is 12.7. The van der Waals surface area contributed by atoms with Crippen LogP contribution < -0.4 is 0 Å². The van der Waals surface area contributed by atoms with Crippen LogP contribution in [0.25, 0.3) is 0 Å². The molecule has 0 saturated heterocycles. The van der Waals surface area contributed by atoms with Crippen molar-refractivity contribution >= 4 is 5.78 Å². The van der Waals surface area contributed by atoms with Gasteiger partial charge in [0.05, 0.1) is 6.10 Å². The maximum Gasteiger partial charge on any atom is 0.141 e. The second-order valence-electron chi connectivity index (χ2n) is 6.32. The number of fused-ring (bicyclic) bond motifs is 1. The monoisotopic (exact) mass is 260 g/mol. The van der Waals surface area contributed by atoms with Crippen molar-refractivity contribution in [2.45, 2.75) is 44.6 Å². The molecule has 4 atom stereocenters. The number of hydrogen-bond donors (Lipinski definition) is 2. The summed E-state index contributed by atoms with van der Waals surface area (Å²) in [4.78, 5) is 12.4. The molecule has 19 heavy (non-hydrogen) atoms. The number of aliphatic hydroxyl groups is 1. The maximum absolute atomic E-state index is 12.4. The lowest BCUT2D eigenvalue weighted by molar-refractivity contribution is -0.129. The molecule has 3 heteroatoms. The zero-order valence-corrected chi connectivity index (χ0v) is 11.2. The van der Waals surface area contributed by atoms with E-state index in [0.29, 0.717) is 12.3 Å². The second-order valence-corrected chi connectivity index (χ2v) is 6.32. The van der Waals surface area contributed by atoms with E-state index in [9.17, 15) is 15.0 Å². The molecule has 0 spiro atoms. The van der Waals surface area contributed by atoms with E-state index >= 15 is 0 Å². The Balaban J connectivity index is 1.86. The summed E-state index contributed by atoms with van der Waals surface area (Å²) < 4.78 is 0. The summed E-state index contributed by atoms with van der Waals surface area (Å²) in [5.41, 5.74) is 0.774. The third-order valence-electron chi connectivity index (χ3n) is 5.24. The van der Waals surface area contributed by atoms with E-state index in [-0.39, 0.29) is 29.0 Å². The van der Waals surface area contributed by atoms with Crippen LogP contribution in [-0.2, 0) is 4.79 Å². The molecule has 0 amide bonds. The van der Waals surface area contributed by atoms with Gasteiger partial charge in [-0.15, -0.1) is 0 Å². The number of aliphatic hydroxyl groups excluding tert-OH is 1. The molecule has 0 aromatic heterocycles. The first-order chi connectivity index (χ1) is 9.00. The molecule has 3 nitrogen and oxygen atoms in total. The zero-order chi connectivity index (χ0) is 13.6. The highest BCUT2D eigenvalue weighted by molar-refractivity contribution is 5.87. The third-order valence-corrected chi connectivity index (χ3v) is 5.24. The fourth-order valence-electron chi connectivity index (χ4n) is 3.88. The molecular weight excluding hydrogens is 240 g/mol. The first-order valence-electron chi connectivity index (χ1n) is 7.00. The van der Waals surface area contributed by atoms with Crippen molar-refractivity contribution < 1.29 is 15.0 Å². The minimum absolute atomic E-state index is 0.0658. The molecule has 2 saturated carbocycles. The van der Waals surface area contributed by atoms with Gasteiger partial charge in [-0.2, -0.15) is 0 Å². The van der Waals surface area contributed by atoms with Crippen LogP contribution in [-0.4, -0.2) is 22.1 Å². The minimum Gasteiger partial charge on any atom is -0.508 e. The number of benzene rings is 1. The van der Waals surface area contributed by atoms with Crippen LogP contribution in [0.4, 0.5) is 0 Å². The van der Waals surface area contributed by atoms with E-state index in [4.69, 9.17) is 0 Å². The Kier molecular flexibility index (Phi) is 2.90. The summed E-state index contributed by atoms with van der Waals surface area (Å²) in [5, 5.41) is 19.4.